The zero-order valence-electron chi connectivity index (χ0n) is 11.2. The average molecular weight is 250 g/mol. The van der Waals surface area contributed by atoms with Crippen LogP contribution in [0.4, 0.5) is 5.69 Å². The largest absolute Gasteiger partial charge is 0.384 e. The zero-order valence-corrected chi connectivity index (χ0v) is 11.2. The molecule has 0 fully saturated rings. The van der Waals surface area contributed by atoms with Crippen molar-refractivity contribution in [2.45, 2.75) is 26.3 Å². The Hall–Kier alpha value is -1.59. The number of hydrogen-bond donors (Lipinski definition) is 3. The second kappa shape index (κ2) is 7.68. The number of hydrazine groups is 1. The van der Waals surface area contributed by atoms with Gasteiger partial charge >= 0.3 is 0 Å². The molecule has 4 N–H and O–H groups in total. The molecule has 18 heavy (non-hydrogen) atoms. The lowest BCUT2D eigenvalue weighted by atomic mass is 10.1. The number of ether oxygens (including phenoxy) is 1. The van der Waals surface area contributed by atoms with Gasteiger partial charge in [-0.2, -0.15) is 0 Å². The average Bonchev–Trinajstić information content (AvgIpc) is 2.36. The fourth-order valence-corrected chi connectivity index (χ4v) is 1.56. The van der Waals surface area contributed by atoms with Gasteiger partial charge in [-0.25, -0.2) is 10.8 Å². The molecular formula is C13H22N4O. The van der Waals surface area contributed by atoms with E-state index in [9.17, 15) is 0 Å². The summed E-state index contributed by atoms with van der Waals surface area (Å²) in [4.78, 5) is 4.35. The predicted molar refractivity (Wildman–Crippen MR) is 75.5 cm³/mol. The minimum atomic E-state index is 0.176. The molecule has 1 aromatic rings. The standard InChI is InChI=1S/C13H22N4O/c1-10(2)15-13(17-14)16-12-7-5-4-6-11(12)8-9-18-3/h4-7,10H,8-9,14H2,1-3H3,(H2,15,16,17). The van der Waals surface area contributed by atoms with Crippen LogP contribution in [0.1, 0.15) is 19.4 Å². The number of nitrogens with zero attached hydrogens (tertiary/aromatic N) is 1. The first kappa shape index (κ1) is 14.5. The van der Waals surface area contributed by atoms with Crippen LogP contribution in [-0.2, 0) is 11.2 Å². The Bertz CT molecular complexity index is 390. The first-order valence-electron chi connectivity index (χ1n) is 6.05. The van der Waals surface area contributed by atoms with Crippen molar-refractivity contribution in [1.29, 1.82) is 0 Å². The number of rotatable bonds is 5. The molecule has 0 aliphatic heterocycles. The normalized spacial score (nSPS) is 11.7. The van der Waals surface area contributed by atoms with Gasteiger partial charge in [0.05, 0.1) is 6.61 Å². The van der Waals surface area contributed by atoms with E-state index in [1.165, 1.54) is 5.56 Å². The first-order chi connectivity index (χ1) is 8.67. The molecule has 5 nitrogen and oxygen atoms in total. The summed E-state index contributed by atoms with van der Waals surface area (Å²) in [6, 6.07) is 8.21. The lowest BCUT2D eigenvalue weighted by Crippen LogP contribution is -2.37. The Morgan fingerprint density at radius 3 is 2.72 bits per heavy atom. The van der Waals surface area contributed by atoms with Crippen LogP contribution in [0.2, 0.25) is 0 Å². The Kier molecular flexibility index (Phi) is 6.18. The van der Waals surface area contributed by atoms with E-state index in [1.54, 1.807) is 7.11 Å². The summed E-state index contributed by atoms with van der Waals surface area (Å²) >= 11 is 0. The molecule has 0 radical (unpaired) electrons. The van der Waals surface area contributed by atoms with Crippen LogP contribution in [-0.4, -0.2) is 25.7 Å². The number of hydrogen-bond acceptors (Lipinski definition) is 3. The van der Waals surface area contributed by atoms with Gasteiger partial charge in [-0.3, -0.25) is 5.43 Å². The van der Waals surface area contributed by atoms with Gasteiger partial charge in [0.15, 0.2) is 0 Å². The maximum Gasteiger partial charge on any atom is 0.210 e. The van der Waals surface area contributed by atoms with Gasteiger partial charge in [0, 0.05) is 18.8 Å². The monoisotopic (exact) mass is 250 g/mol. The zero-order chi connectivity index (χ0) is 13.4. The van der Waals surface area contributed by atoms with Gasteiger partial charge in [-0.05, 0) is 31.9 Å². The first-order valence-corrected chi connectivity index (χ1v) is 6.05. The van der Waals surface area contributed by atoms with Gasteiger partial charge < -0.3 is 10.1 Å². The quantitative estimate of drug-likeness (QED) is 0.321. The molecule has 0 amide bonds. The second-order valence-corrected chi connectivity index (χ2v) is 4.24. The maximum absolute atomic E-state index is 5.45. The second-order valence-electron chi connectivity index (χ2n) is 4.24. The third kappa shape index (κ3) is 4.73. The highest BCUT2D eigenvalue weighted by Crippen LogP contribution is 2.15. The minimum absolute atomic E-state index is 0.176. The molecule has 1 aromatic carbocycles. The van der Waals surface area contributed by atoms with Gasteiger partial charge in [0.1, 0.15) is 0 Å². The molecule has 0 spiro atoms. The summed E-state index contributed by atoms with van der Waals surface area (Å²) in [6.45, 7) is 4.68. The Morgan fingerprint density at radius 1 is 1.39 bits per heavy atom. The Balaban J connectivity index is 2.82. The van der Waals surface area contributed by atoms with Crippen LogP contribution in [0.25, 0.3) is 0 Å². The topological polar surface area (TPSA) is 71.7 Å². The number of anilines is 1. The Morgan fingerprint density at radius 2 is 2.11 bits per heavy atom. The summed E-state index contributed by atoms with van der Waals surface area (Å²) < 4.78 is 5.10. The molecule has 100 valence electrons. The van der Waals surface area contributed by atoms with Crippen LogP contribution in [0.5, 0.6) is 0 Å². The van der Waals surface area contributed by atoms with Gasteiger partial charge in [-0.1, -0.05) is 18.2 Å². The van der Waals surface area contributed by atoms with E-state index in [1.807, 2.05) is 32.0 Å². The predicted octanol–water partition coefficient (Wildman–Crippen LogP) is 1.52. The van der Waals surface area contributed by atoms with Crippen LogP contribution < -0.4 is 16.6 Å². The van der Waals surface area contributed by atoms with E-state index in [0.717, 1.165) is 12.1 Å². The third-order valence-corrected chi connectivity index (χ3v) is 2.37. The van der Waals surface area contributed by atoms with Crippen molar-refractivity contribution >= 4 is 11.6 Å². The molecule has 0 bridgehead atoms. The smallest absolute Gasteiger partial charge is 0.210 e. The molecule has 1 rings (SSSR count). The molecule has 0 saturated heterocycles. The Labute approximate surface area is 108 Å². The summed E-state index contributed by atoms with van der Waals surface area (Å²) in [5, 5.41) is 3.20. The van der Waals surface area contributed by atoms with Crippen molar-refractivity contribution in [2.75, 3.05) is 19.0 Å². The van der Waals surface area contributed by atoms with Crippen molar-refractivity contribution in [3.05, 3.63) is 29.8 Å². The van der Waals surface area contributed by atoms with Gasteiger partial charge in [0.25, 0.3) is 0 Å². The summed E-state index contributed by atoms with van der Waals surface area (Å²) in [5.74, 6) is 6.02. The lowest BCUT2D eigenvalue weighted by molar-refractivity contribution is 0.202. The highest BCUT2D eigenvalue weighted by Gasteiger charge is 2.04. The fraction of sp³-hybridized carbons (Fsp3) is 0.462. The fourth-order valence-electron chi connectivity index (χ4n) is 1.56. The number of guanidine groups is 1. The maximum atomic E-state index is 5.45. The lowest BCUT2D eigenvalue weighted by Gasteiger charge is -2.14. The molecule has 0 aliphatic carbocycles. The number of nitrogens with one attached hydrogen (secondary N) is 2. The summed E-state index contributed by atoms with van der Waals surface area (Å²) in [7, 11) is 1.70. The number of benzene rings is 1. The van der Waals surface area contributed by atoms with Gasteiger partial charge in [-0.15, -0.1) is 0 Å². The van der Waals surface area contributed by atoms with Crippen molar-refractivity contribution < 1.29 is 4.74 Å². The molecule has 0 aromatic heterocycles. The summed E-state index contributed by atoms with van der Waals surface area (Å²) in [5.41, 5.74) is 4.74. The van der Waals surface area contributed by atoms with E-state index in [-0.39, 0.29) is 6.04 Å². The van der Waals surface area contributed by atoms with E-state index in [4.69, 9.17) is 10.6 Å². The van der Waals surface area contributed by atoms with Gasteiger partial charge in [0.2, 0.25) is 5.96 Å². The molecule has 0 aliphatic rings. The highest BCUT2D eigenvalue weighted by molar-refractivity contribution is 5.94. The molecular weight excluding hydrogens is 228 g/mol. The van der Waals surface area contributed by atoms with Crippen molar-refractivity contribution in [3.63, 3.8) is 0 Å². The molecule has 5 heteroatoms. The third-order valence-electron chi connectivity index (χ3n) is 2.37. The van der Waals surface area contributed by atoms with E-state index >= 15 is 0 Å². The molecule has 0 unspecified atom stereocenters. The van der Waals surface area contributed by atoms with Crippen LogP contribution in [0.3, 0.4) is 0 Å². The molecule has 0 heterocycles. The van der Waals surface area contributed by atoms with Crippen LogP contribution in [0.15, 0.2) is 29.3 Å². The number of nitrogens with two attached hydrogens (primary N) is 1. The van der Waals surface area contributed by atoms with Crippen molar-refractivity contribution in [1.82, 2.24) is 5.43 Å². The van der Waals surface area contributed by atoms with Crippen LogP contribution in [0, 0.1) is 0 Å². The van der Waals surface area contributed by atoms with E-state index in [2.05, 4.69) is 21.8 Å². The molecule has 0 saturated carbocycles. The molecule has 0 atom stereocenters. The SMILES string of the molecule is COCCc1ccccc1NC(=NC(C)C)NN. The highest BCUT2D eigenvalue weighted by atomic mass is 16.5. The van der Waals surface area contributed by atoms with Crippen molar-refractivity contribution in [3.8, 4) is 0 Å². The van der Waals surface area contributed by atoms with Crippen LogP contribution >= 0.6 is 0 Å². The van der Waals surface area contributed by atoms with E-state index < -0.39 is 0 Å². The number of aliphatic imine (C=N–C) groups is 1. The van der Waals surface area contributed by atoms with E-state index in [0.29, 0.717) is 12.6 Å². The number of methoxy groups -OCH3 is 1. The minimum Gasteiger partial charge on any atom is -0.384 e. The summed E-state index contributed by atoms with van der Waals surface area (Å²) in [6.07, 6.45) is 0.846. The number of para-hydroxylation sites is 1. The van der Waals surface area contributed by atoms with Crippen molar-refractivity contribution in [2.24, 2.45) is 10.8 Å².